The second-order valence-electron chi connectivity index (χ2n) is 3.65. The van der Waals surface area contributed by atoms with Crippen LogP contribution in [0.1, 0.15) is 23.5 Å². The van der Waals surface area contributed by atoms with E-state index in [0.717, 1.165) is 19.5 Å². The van der Waals surface area contributed by atoms with Crippen molar-refractivity contribution >= 4 is 5.69 Å². The second kappa shape index (κ2) is 3.69. The zero-order chi connectivity index (χ0) is 9.97. The van der Waals surface area contributed by atoms with E-state index in [9.17, 15) is 0 Å². The molecule has 1 aromatic carbocycles. The number of nitrogens with one attached hydrogen (secondary N) is 1. The summed E-state index contributed by atoms with van der Waals surface area (Å²) < 4.78 is 0. The molecule has 2 rings (SSSR count). The van der Waals surface area contributed by atoms with Crippen molar-refractivity contribution < 1.29 is 0 Å². The van der Waals surface area contributed by atoms with Gasteiger partial charge in [0.2, 0.25) is 0 Å². The van der Waals surface area contributed by atoms with Crippen LogP contribution in [-0.2, 0) is 0 Å². The fourth-order valence-electron chi connectivity index (χ4n) is 1.86. The molecule has 1 heterocycles. The van der Waals surface area contributed by atoms with E-state index in [0.29, 0.717) is 17.2 Å². The average Bonchev–Trinajstić information content (AvgIpc) is 2.71. The van der Waals surface area contributed by atoms with Gasteiger partial charge in [0, 0.05) is 12.2 Å². The van der Waals surface area contributed by atoms with Crippen molar-refractivity contribution in [3.8, 4) is 6.07 Å². The molecule has 1 aromatic rings. The van der Waals surface area contributed by atoms with Crippen molar-refractivity contribution in [1.82, 2.24) is 5.32 Å². The maximum Gasteiger partial charge on any atom is 0.101 e. The van der Waals surface area contributed by atoms with Crippen LogP contribution in [0.4, 0.5) is 5.69 Å². The van der Waals surface area contributed by atoms with Gasteiger partial charge in [-0.2, -0.15) is 5.26 Å². The zero-order valence-electron chi connectivity index (χ0n) is 7.96. The Bertz CT molecular complexity index is 373. The van der Waals surface area contributed by atoms with E-state index < -0.39 is 0 Å². The number of anilines is 1. The quantitative estimate of drug-likeness (QED) is 0.650. The van der Waals surface area contributed by atoms with E-state index in [4.69, 9.17) is 11.0 Å². The van der Waals surface area contributed by atoms with Crippen molar-refractivity contribution in [2.24, 2.45) is 0 Å². The van der Waals surface area contributed by atoms with Crippen LogP contribution in [0.3, 0.4) is 0 Å². The molecular weight excluding hydrogens is 174 g/mol. The van der Waals surface area contributed by atoms with E-state index in [1.54, 1.807) is 0 Å². The molecule has 0 aromatic heterocycles. The Labute approximate surface area is 83.5 Å². The smallest absolute Gasteiger partial charge is 0.101 e. The normalized spacial score (nSPS) is 20.6. The summed E-state index contributed by atoms with van der Waals surface area (Å²) in [5.41, 5.74) is 8.05. The molecule has 0 bridgehead atoms. The van der Waals surface area contributed by atoms with Gasteiger partial charge in [-0.25, -0.2) is 0 Å². The van der Waals surface area contributed by atoms with Gasteiger partial charge >= 0.3 is 0 Å². The van der Waals surface area contributed by atoms with Crippen molar-refractivity contribution in [2.45, 2.75) is 12.3 Å². The summed E-state index contributed by atoms with van der Waals surface area (Å²) in [6.07, 6.45) is 1.15. The average molecular weight is 187 g/mol. The second-order valence-corrected chi connectivity index (χ2v) is 3.65. The first-order valence-corrected chi connectivity index (χ1v) is 4.81. The largest absolute Gasteiger partial charge is 0.398 e. The molecule has 72 valence electrons. The van der Waals surface area contributed by atoms with Crippen molar-refractivity contribution in [3.05, 3.63) is 29.3 Å². The highest BCUT2D eigenvalue weighted by atomic mass is 14.9. The molecule has 0 radical (unpaired) electrons. The Morgan fingerprint density at radius 2 is 2.36 bits per heavy atom. The Morgan fingerprint density at radius 3 is 3.00 bits per heavy atom. The molecule has 0 saturated carbocycles. The van der Waals surface area contributed by atoms with Crippen LogP contribution < -0.4 is 11.1 Å². The van der Waals surface area contributed by atoms with Crippen LogP contribution >= 0.6 is 0 Å². The third kappa shape index (κ3) is 1.57. The van der Waals surface area contributed by atoms with Gasteiger partial charge in [-0.15, -0.1) is 0 Å². The van der Waals surface area contributed by atoms with E-state index in [1.165, 1.54) is 5.56 Å². The molecule has 1 unspecified atom stereocenters. The molecule has 1 fully saturated rings. The van der Waals surface area contributed by atoms with E-state index in [2.05, 4.69) is 11.4 Å². The van der Waals surface area contributed by atoms with E-state index >= 15 is 0 Å². The minimum absolute atomic E-state index is 0.544. The molecule has 0 aliphatic carbocycles. The lowest BCUT2D eigenvalue weighted by atomic mass is 9.96. The van der Waals surface area contributed by atoms with E-state index in [-0.39, 0.29) is 0 Å². The van der Waals surface area contributed by atoms with Crippen LogP contribution in [0, 0.1) is 11.3 Å². The summed E-state index contributed by atoms with van der Waals surface area (Å²) in [6.45, 7) is 2.08. The van der Waals surface area contributed by atoms with Gasteiger partial charge < -0.3 is 11.1 Å². The number of rotatable bonds is 1. The lowest BCUT2D eigenvalue weighted by molar-refractivity contribution is 0.763. The maximum absolute atomic E-state index is 8.84. The minimum atomic E-state index is 0.544. The topological polar surface area (TPSA) is 61.8 Å². The highest BCUT2D eigenvalue weighted by molar-refractivity contribution is 5.55. The zero-order valence-corrected chi connectivity index (χ0v) is 7.96. The number of nitrogens with two attached hydrogens (primary N) is 1. The van der Waals surface area contributed by atoms with Gasteiger partial charge in [-0.1, -0.05) is 6.07 Å². The molecule has 1 aliphatic rings. The molecule has 0 spiro atoms. The monoisotopic (exact) mass is 187 g/mol. The lowest BCUT2D eigenvalue weighted by Crippen LogP contribution is -2.08. The molecular formula is C11H13N3. The molecule has 1 atom stereocenters. The Hall–Kier alpha value is -1.53. The highest BCUT2D eigenvalue weighted by Crippen LogP contribution is 2.24. The highest BCUT2D eigenvalue weighted by Gasteiger charge is 2.17. The van der Waals surface area contributed by atoms with E-state index in [1.807, 2.05) is 18.2 Å². The predicted molar refractivity (Wildman–Crippen MR) is 55.8 cm³/mol. The lowest BCUT2D eigenvalue weighted by Gasteiger charge is -2.09. The number of nitrogen functional groups attached to an aromatic ring is 1. The molecule has 0 amide bonds. The van der Waals surface area contributed by atoms with Gasteiger partial charge in [-0.05, 0) is 36.6 Å². The molecule has 3 nitrogen and oxygen atoms in total. The number of nitrogens with zero attached hydrogens (tertiary/aromatic N) is 1. The summed E-state index contributed by atoms with van der Waals surface area (Å²) in [4.78, 5) is 0. The molecule has 1 saturated heterocycles. The van der Waals surface area contributed by atoms with Gasteiger partial charge in [0.15, 0.2) is 0 Å². The first-order chi connectivity index (χ1) is 6.81. The fraction of sp³-hybridized carbons (Fsp3) is 0.364. The van der Waals surface area contributed by atoms with Gasteiger partial charge in [-0.3, -0.25) is 0 Å². The Kier molecular flexibility index (Phi) is 2.38. The third-order valence-corrected chi connectivity index (χ3v) is 2.73. The van der Waals surface area contributed by atoms with Crippen LogP contribution in [0.5, 0.6) is 0 Å². The molecule has 3 heteroatoms. The van der Waals surface area contributed by atoms with Crippen LogP contribution in [-0.4, -0.2) is 13.1 Å². The van der Waals surface area contributed by atoms with Gasteiger partial charge in [0.1, 0.15) is 6.07 Å². The Morgan fingerprint density at radius 1 is 1.50 bits per heavy atom. The maximum atomic E-state index is 8.84. The third-order valence-electron chi connectivity index (χ3n) is 2.73. The number of hydrogen-bond donors (Lipinski definition) is 2. The predicted octanol–water partition coefficient (Wildman–Crippen LogP) is 1.22. The first-order valence-electron chi connectivity index (χ1n) is 4.81. The van der Waals surface area contributed by atoms with Crippen LogP contribution in [0.2, 0.25) is 0 Å². The van der Waals surface area contributed by atoms with Gasteiger partial charge in [0.05, 0.1) is 5.56 Å². The fourth-order valence-corrected chi connectivity index (χ4v) is 1.86. The number of benzene rings is 1. The van der Waals surface area contributed by atoms with Crippen LogP contribution in [0.25, 0.3) is 0 Å². The van der Waals surface area contributed by atoms with Crippen molar-refractivity contribution in [2.75, 3.05) is 18.8 Å². The van der Waals surface area contributed by atoms with Gasteiger partial charge in [0.25, 0.3) is 0 Å². The molecule has 1 aliphatic heterocycles. The summed E-state index contributed by atoms with van der Waals surface area (Å²) in [6, 6.07) is 7.87. The van der Waals surface area contributed by atoms with Crippen molar-refractivity contribution in [1.29, 1.82) is 5.26 Å². The molecule has 14 heavy (non-hydrogen) atoms. The summed E-state index contributed by atoms with van der Waals surface area (Å²) in [5.74, 6) is 0.544. The first kappa shape index (κ1) is 9.04. The van der Waals surface area contributed by atoms with Crippen molar-refractivity contribution in [3.63, 3.8) is 0 Å². The SMILES string of the molecule is N#Cc1cc(C2CCNC2)ccc1N. The standard InChI is InChI=1S/C11H13N3/c12-6-10-5-8(1-2-11(10)13)9-3-4-14-7-9/h1-2,5,9,14H,3-4,7,13H2. The number of hydrogen-bond acceptors (Lipinski definition) is 3. The Balaban J connectivity index is 2.31. The summed E-state index contributed by atoms with van der Waals surface area (Å²) in [5, 5.41) is 12.1. The summed E-state index contributed by atoms with van der Waals surface area (Å²) in [7, 11) is 0. The molecule has 3 N–H and O–H groups in total. The summed E-state index contributed by atoms with van der Waals surface area (Å²) >= 11 is 0. The van der Waals surface area contributed by atoms with Crippen LogP contribution in [0.15, 0.2) is 18.2 Å². The minimum Gasteiger partial charge on any atom is -0.398 e. The number of nitriles is 1.